The molecule has 0 aromatic rings. The Labute approximate surface area is 84.3 Å². The van der Waals surface area contributed by atoms with Gasteiger partial charge >= 0.3 is 0 Å². The van der Waals surface area contributed by atoms with Gasteiger partial charge in [0, 0.05) is 0 Å². The minimum Gasteiger partial charge on any atom is -0.316 e. The van der Waals surface area contributed by atoms with E-state index in [0.717, 1.165) is 17.8 Å². The number of rotatable bonds is 7. The molecular weight excluding hydrogens is 158 g/mol. The Morgan fingerprint density at radius 2 is 1.62 bits per heavy atom. The van der Waals surface area contributed by atoms with E-state index in [1.807, 2.05) is 0 Å². The van der Waals surface area contributed by atoms with E-state index >= 15 is 0 Å². The van der Waals surface area contributed by atoms with E-state index in [-0.39, 0.29) is 0 Å². The van der Waals surface area contributed by atoms with Crippen molar-refractivity contribution in [1.29, 1.82) is 0 Å². The summed E-state index contributed by atoms with van der Waals surface area (Å²) in [6.07, 6.45) is 2.60. The Hall–Kier alpha value is -0.0400. The van der Waals surface area contributed by atoms with Crippen molar-refractivity contribution < 1.29 is 0 Å². The average molecular weight is 185 g/mol. The van der Waals surface area contributed by atoms with Crippen LogP contribution < -0.4 is 5.32 Å². The summed E-state index contributed by atoms with van der Waals surface area (Å²) in [4.78, 5) is 0. The van der Waals surface area contributed by atoms with Crippen LogP contribution in [0.3, 0.4) is 0 Å². The lowest BCUT2D eigenvalue weighted by atomic mass is 9.88. The number of nitrogens with one attached hydrogen (secondary N) is 1. The van der Waals surface area contributed by atoms with Crippen LogP contribution in [0.15, 0.2) is 0 Å². The molecule has 80 valence electrons. The van der Waals surface area contributed by atoms with E-state index < -0.39 is 0 Å². The molecule has 0 rings (SSSR count). The highest BCUT2D eigenvalue weighted by atomic mass is 14.8. The van der Waals surface area contributed by atoms with Crippen molar-refractivity contribution in [2.24, 2.45) is 17.8 Å². The first-order valence-electron chi connectivity index (χ1n) is 5.78. The van der Waals surface area contributed by atoms with Crippen LogP contribution in [0.4, 0.5) is 0 Å². The molecular formula is C12H27N. The third kappa shape index (κ3) is 7.06. The molecule has 0 spiro atoms. The van der Waals surface area contributed by atoms with Crippen molar-refractivity contribution >= 4 is 0 Å². The zero-order valence-corrected chi connectivity index (χ0v) is 10.1. The van der Waals surface area contributed by atoms with Gasteiger partial charge in [0.1, 0.15) is 0 Å². The summed E-state index contributed by atoms with van der Waals surface area (Å²) in [5.74, 6) is 2.50. The molecule has 0 aliphatic carbocycles. The number of hydrogen-bond acceptors (Lipinski definition) is 1. The molecule has 13 heavy (non-hydrogen) atoms. The van der Waals surface area contributed by atoms with Crippen LogP contribution >= 0.6 is 0 Å². The standard InChI is InChI=1S/C12H27N/c1-6-7-13-9-12(5)11(4)8-10(2)3/h10-13H,6-9H2,1-5H3. The van der Waals surface area contributed by atoms with Crippen molar-refractivity contribution in [3.8, 4) is 0 Å². The molecule has 0 aromatic carbocycles. The molecule has 2 unspecified atom stereocenters. The Bertz CT molecular complexity index is 110. The van der Waals surface area contributed by atoms with Crippen LogP contribution in [0.2, 0.25) is 0 Å². The molecule has 0 aromatic heterocycles. The average Bonchev–Trinajstić information content (AvgIpc) is 2.03. The fourth-order valence-electron chi connectivity index (χ4n) is 1.68. The minimum absolute atomic E-state index is 0.814. The summed E-state index contributed by atoms with van der Waals surface area (Å²) in [7, 11) is 0. The first kappa shape index (κ1) is 13.0. The van der Waals surface area contributed by atoms with Crippen LogP contribution in [0.1, 0.15) is 47.5 Å². The second-order valence-electron chi connectivity index (χ2n) is 4.79. The van der Waals surface area contributed by atoms with Crippen LogP contribution in [-0.2, 0) is 0 Å². The van der Waals surface area contributed by atoms with Gasteiger partial charge in [0.2, 0.25) is 0 Å². The number of hydrogen-bond donors (Lipinski definition) is 1. The van der Waals surface area contributed by atoms with Gasteiger partial charge in [-0.2, -0.15) is 0 Å². The van der Waals surface area contributed by atoms with Gasteiger partial charge in [0.25, 0.3) is 0 Å². The van der Waals surface area contributed by atoms with Gasteiger partial charge in [-0.3, -0.25) is 0 Å². The lowest BCUT2D eigenvalue weighted by molar-refractivity contribution is 0.313. The van der Waals surface area contributed by atoms with Crippen molar-refractivity contribution in [1.82, 2.24) is 5.32 Å². The van der Waals surface area contributed by atoms with Crippen LogP contribution in [0, 0.1) is 17.8 Å². The molecule has 0 aliphatic rings. The molecule has 0 fully saturated rings. The van der Waals surface area contributed by atoms with Gasteiger partial charge in [-0.05, 0) is 43.7 Å². The molecule has 0 aliphatic heterocycles. The first-order chi connectivity index (χ1) is 6.07. The Balaban J connectivity index is 3.50. The minimum atomic E-state index is 0.814. The SMILES string of the molecule is CCCNCC(C)C(C)CC(C)C. The van der Waals surface area contributed by atoms with E-state index in [4.69, 9.17) is 0 Å². The molecule has 0 saturated heterocycles. The quantitative estimate of drug-likeness (QED) is 0.600. The molecule has 0 radical (unpaired) electrons. The van der Waals surface area contributed by atoms with Crippen LogP contribution in [0.5, 0.6) is 0 Å². The molecule has 1 N–H and O–H groups in total. The van der Waals surface area contributed by atoms with Crippen LogP contribution in [-0.4, -0.2) is 13.1 Å². The highest BCUT2D eigenvalue weighted by molar-refractivity contribution is 4.65. The summed E-state index contributed by atoms with van der Waals surface area (Å²) in [6, 6.07) is 0. The topological polar surface area (TPSA) is 12.0 Å². The Morgan fingerprint density at radius 3 is 2.08 bits per heavy atom. The van der Waals surface area contributed by atoms with E-state index in [0.29, 0.717) is 0 Å². The summed E-state index contributed by atoms with van der Waals surface area (Å²) >= 11 is 0. The Kier molecular flexibility index (Phi) is 7.35. The Morgan fingerprint density at radius 1 is 1.00 bits per heavy atom. The van der Waals surface area contributed by atoms with Crippen molar-refractivity contribution in [2.75, 3.05) is 13.1 Å². The zero-order valence-electron chi connectivity index (χ0n) is 10.1. The fraction of sp³-hybridized carbons (Fsp3) is 1.00. The van der Waals surface area contributed by atoms with E-state index in [1.165, 1.54) is 25.9 Å². The smallest absolute Gasteiger partial charge is 0.00206 e. The van der Waals surface area contributed by atoms with E-state index in [9.17, 15) is 0 Å². The highest BCUT2D eigenvalue weighted by Crippen LogP contribution is 2.18. The van der Waals surface area contributed by atoms with E-state index in [1.54, 1.807) is 0 Å². The van der Waals surface area contributed by atoms with Gasteiger partial charge in [-0.1, -0.05) is 34.6 Å². The van der Waals surface area contributed by atoms with Crippen molar-refractivity contribution in [3.63, 3.8) is 0 Å². The summed E-state index contributed by atoms with van der Waals surface area (Å²) in [6.45, 7) is 13.9. The summed E-state index contributed by atoms with van der Waals surface area (Å²) in [5, 5.41) is 3.49. The highest BCUT2D eigenvalue weighted by Gasteiger charge is 2.12. The summed E-state index contributed by atoms with van der Waals surface area (Å²) in [5.41, 5.74) is 0. The normalized spacial score (nSPS) is 16.2. The van der Waals surface area contributed by atoms with Gasteiger partial charge < -0.3 is 5.32 Å². The molecule has 0 saturated carbocycles. The zero-order chi connectivity index (χ0) is 10.3. The van der Waals surface area contributed by atoms with Crippen molar-refractivity contribution in [2.45, 2.75) is 47.5 Å². The summed E-state index contributed by atoms with van der Waals surface area (Å²) < 4.78 is 0. The van der Waals surface area contributed by atoms with Crippen molar-refractivity contribution in [3.05, 3.63) is 0 Å². The monoisotopic (exact) mass is 185 g/mol. The largest absolute Gasteiger partial charge is 0.316 e. The lowest BCUT2D eigenvalue weighted by Crippen LogP contribution is -2.26. The lowest BCUT2D eigenvalue weighted by Gasteiger charge is -2.21. The molecule has 1 nitrogen and oxygen atoms in total. The predicted molar refractivity (Wildman–Crippen MR) is 60.9 cm³/mol. The molecule has 0 amide bonds. The maximum Gasteiger partial charge on any atom is -0.00206 e. The second kappa shape index (κ2) is 7.37. The fourth-order valence-corrected chi connectivity index (χ4v) is 1.68. The molecule has 2 atom stereocenters. The molecule has 1 heteroatoms. The van der Waals surface area contributed by atoms with E-state index in [2.05, 4.69) is 39.9 Å². The van der Waals surface area contributed by atoms with Gasteiger partial charge in [0.05, 0.1) is 0 Å². The van der Waals surface area contributed by atoms with Gasteiger partial charge in [-0.15, -0.1) is 0 Å². The molecule has 0 heterocycles. The van der Waals surface area contributed by atoms with Crippen LogP contribution in [0.25, 0.3) is 0 Å². The third-order valence-electron chi connectivity index (χ3n) is 2.71. The van der Waals surface area contributed by atoms with Gasteiger partial charge in [-0.25, -0.2) is 0 Å². The second-order valence-corrected chi connectivity index (χ2v) is 4.79. The van der Waals surface area contributed by atoms with Gasteiger partial charge in [0.15, 0.2) is 0 Å². The third-order valence-corrected chi connectivity index (χ3v) is 2.71. The first-order valence-corrected chi connectivity index (χ1v) is 5.78. The maximum absolute atomic E-state index is 3.49. The molecule has 0 bridgehead atoms. The maximum atomic E-state index is 3.49. The predicted octanol–water partition coefficient (Wildman–Crippen LogP) is 3.30.